The number of anilines is 1. The molecule has 3 heteroatoms. The molecule has 1 fully saturated rings. The number of imidazole rings is 1. The minimum atomic E-state index is 0.0501. The second-order valence-electron chi connectivity index (χ2n) is 7.73. The van der Waals surface area contributed by atoms with E-state index in [4.69, 9.17) is 10.7 Å². The van der Waals surface area contributed by atoms with Gasteiger partial charge in [0, 0.05) is 17.1 Å². The number of nitrogens with two attached hydrogens (primary N) is 1. The summed E-state index contributed by atoms with van der Waals surface area (Å²) in [7, 11) is 0. The lowest BCUT2D eigenvalue weighted by molar-refractivity contribution is 0.275. The van der Waals surface area contributed by atoms with Gasteiger partial charge in [-0.15, -0.1) is 0 Å². The summed E-state index contributed by atoms with van der Waals surface area (Å²) in [6.45, 7) is 9.13. The molecule has 1 aliphatic rings. The van der Waals surface area contributed by atoms with Crippen molar-refractivity contribution in [1.82, 2.24) is 9.55 Å². The summed E-state index contributed by atoms with van der Waals surface area (Å²) in [6.07, 6.45) is 5.22. The Labute approximate surface area is 127 Å². The minimum absolute atomic E-state index is 0.0501. The molecule has 2 unspecified atom stereocenters. The smallest absolute Gasteiger partial charge is 0.115 e. The maximum absolute atomic E-state index is 5.94. The molecule has 3 nitrogen and oxygen atoms in total. The van der Waals surface area contributed by atoms with Crippen LogP contribution in [0, 0.1) is 5.92 Å². The van der Waals surface area contributed by atoms with Crippen molar-refractivity contribution in [3.05, 3.63) is 24.0 Å². The predicted molar refractivity (Wildman–Crippen MR) is 89.5 cm³/mol. The fourth-order valence-electron chi connectivity index (χ4n) is 3.65. The zero-order chi connectivity index (χ0) is 15.2. The van der Waals surface area contributed by atoms with Crippen LogP contribution in [0.4, 0.5) is 5.69 Å². The van der Waals surface area contributed by atoms with E-state index in [-0.39, 0.29) is 5.41 Å². The van der Waals surface area contributed by atoms with Crippen molar-refractivity contribution in [2.24, 2.45) is 5.92 Å². The number of nitrogen functional groups attached to an aromatic ring is 1. The molecular formula is C18H27N3. The van der Waals surface area contributed by atoms with Crippen LogP contribution in [0.3, 0.4) is 0 Å². The van der Waals surface area contributed by atoms with Gasteiger partial charge in [-0.25, -0.2) is 4.98 Å². The Bertz CT molecular complexity index is 648. The number of fused-ring (bicyclic) bond motifs is 1. The standard InChI is InChI=1S/C18H27N3/c1-12-6-5-7-14(10-12)21-16-9-8-13(19)11-15(16)20-17(21)18(2,3)4/h8-9,11-12,14H,5-7,10,19H2,1-4H3. The van der Waals surface area contributed by atoms with Gasteiger partial charge >= 0.3 is 0 Å². The first kappa shape index (κ1) is 14.4. The van der Waals surface area contributed by atoms with Crippen LogP contribution in [0.5, 0.6) is 0 Å². The number of hydrogen-bond donors (Lipinski definition) is 1. The van der Waals surface area contributed by atoms with E-state index in [0.717, 1.165) is 17.1 Å². The topological polar surface area (TPSA) is 43.8 Å². The summed E-state index contributed by atoms with van der Waals surface area (Å²) in [5.41, 5.74) is 9.07. The summed E-state index contributed by atoms with van der Waals surface area (Å²) in [6, 6.07) is 6.73. The average molecular weight is 285 g/mol. The molecule has 114 valence electrons. The van der Waals surface area contributed by atoms with Crippen LogP contribution >= 0.6 is 0 Å². The SMILES string of the molecule is CC1CCCC(n2c(C(C)(C)C)nc3cc(N)ccc32)C1. The van der Waals surface area contributed by atoms with Gasteiger partial charge in [0.25, 0.3) is 0 Å². The second kappa shape index (κ2) is 5.04. The Morgan fingerprint density at radius 1 is 1.24 bits per heavy atom. The third-order valence-electron chi connectivity index (χ3n) is 4.66. The molecule has 0 radical (unpaired) electrons. The van der Waals surface area contributed by atoms with Crippen LogP contribution in [-0.2, 0) is 5.41 Å². The van der Waals surface area contributed by atoms with Crippen LogP contribution in [0.1, 0.15) is 65.2 Å². The van der Waals surface area contributed by atoms with E-state index in [1.54, 1.807) is 0 Å². The molecule has 0 aliphatic heterocycles. The van der Waals surface area contributed by atoms with E-state index in [1.165, 1.54) is 37.0 Å². The highest BCUT2D eigenvalue weighted by molar-refractivity contribution is 5.80. The monoisotopic (exact) mass is 285 g/mol. The Balaban J connectivity index is 2.18. The van der Waals surface area contributed by atoms with Crippen LogP contribution in [0.15, 0.2) is 18.2 Å². The van der Waals surface area contributed by atoms with Crippen molar-refractivity contribution < 1.29 is 0 Å². The van der Waals surface area contributed by atoms with Crippen LogP contribution < -0.4 is 5.73 Å². The Kier molecular flexibility index (Phi) is 3.46. The van der Waals surface area contributed by atoms with E-state index < -0.39 is 0 Å². The molecule has 1 aromatic carbocycles. The van der Waals surface area contributed by atoms with Crippen molar-refractivity contribution in [2.45, 2.75) is 64.8 Å². The highest BCUT2D eigenvalue weighted by Crippen LogP contribution is 2.38. The van der Waals surface area contributed by atoms with Crippen molar-refractivity contribution >= 4 is 16.7 Å². The zero-order valence-corrected chi connectivity index (χ0v) is 13.7. The van der Waals surface area contributed by atoms with Gasteiger partial charge in [0.1, 0.15) is 5.82 Å². The number of nitrogens with zero attached hydrogens (tertiary/aromatic N) is 2. The number of aromatic nitrogens is 2. The molecule has 1 saturated carbocycles. The number of benzene rings is 1. The van der Waals surface area contributed by atoms with Crippen molar-refractivity contribution in [2.75, 3.05) is 5.73 Å². The molecule has 0 bridgehead atoms. The zero-order valence-electron chi connectivity index (χ0n) is 13.7. The quantitative estimate of drug-likeness (QED) is 0.774. The summed E-state index contributed by atoms with van der Waals surface area (Å²) in [4.78, 5) is 4.93. The summed E-state index contributed by atoms with van der Waals surface area (Å²) in [5.74, 6) is 2.00. The molecule has 21 heavy (non-hydrogen) atoms. The van der Waals surface area contributed by atoms with Gasteiger partial charge in [-0.2, -0.15) is 0 Å². The van der Waals surface area contributed by atoms with E-state index in [0.29, 0.717) is 6.04 Å². The Morgan fingerprint density at radius 3 is 2.67 bits per heavy atom. The Hall–Kier alpha value is -1.51. The summed E-state index contributed by atoms with van der Waals surface area (Å²) in [5, 5.41) is 0. The van der Waals surface area contributed by atoms with E-state index in [2.05, 4.69) is 38.3 Å². The molecule has 0 saturated heterocycles. The lowest BCUT2D eigenvalue weighted by Crippen LogP contribution is -2.25. The lowest BCUT2D eigenvalue weighted by atomic mass is 9.86. The first-order valence-corrected chi connectivity index (χ1v) is 8.14. The molecule has 0 amide bonds. The van der Waals surface area contributed by atoms with Gasteiger partial charge in [0.05, 0.1) is 11.0 Å². The normalized spacial score (nSPS) is 23.6. The fraction of sp³-hybridized carbons (Fsp3) is 0.611. The molecule has 1 heterocycles. The maximum atomic E-state index is 5.94. The first-order chi connectivity index (χ1) is 9.86. The molecular weight excluding hydrogens is 258 g/mol. The summed E-state index contributed by atoms with van der Waals surface area (Å²) < 4.78 is 2.50. The van der Waals surface area contributed by atoms with E-state index in [9.17, 15) is 0 Å². The Morgan fingerprint density at radius 2 is 2.00 bits per heavy atom. The molecule has 2 atom stereocenters. The molecule has 2 N–H and O–H groups in total. The maximum Gasteiger partial charge on any atom is 0.115 e. The highest BCUT2D eigenvalue weighted by Gasteiger charge is 2.29. The van der Waals surface area contributed by atoms with Gasteiger partial charge in [-0.3, -0.25) is 0 Å². The van der Waals surface area contributed by atoms with Crippen molar-refractivity contribution in [3.63, 3.8) is 0 Å². The van der Waals surface area contributed by atoms with E-state index >= 15 is 0 Å². The van der Waals surface area contributed by atoms with Gasteiger partial charge < -0.3 is 10.3 Å². The van der Waals surface area contributed by atoms with Crippen LogP contribution in [0.25, 0.3) is 11.0 Å². The lowest BCUT2D eigenvalue weighted by Gasteiger charge is -2.32. The molecule has 3 rings (SSSR count). The highest BCUT2D eigenvalue weighted by atomic mass is 15.1. The molecule has 1 aromatic heterocycles. The van der Waals surface area contributed by atoms with Crippen molar-refractivity contribution in [1.29, 1.82) is 0 Å². The largest absolute Gasteiger partial charge is 0.399 e. The van der Waals surface area contributed by atoms with Gasteiger partial charge in [-0.1, -0.05) is 40.5 Å². The van der Waals surface area contributed by atoms with Gasteiger partial charge in [-0.05, 0) is 37.0 Å². The van der Waals surface area contributed by atoms with Crippen LogP contribution in [0.2, 0.25) is 0 Å². The fourth-order valence-corrected chi connectivity index (χ4v) is 3.65. The minimum Gasteiger partial charge on any atom is -0.399 e. The molecule has 0 spiro atoms. The first-order valence-electron chi connectivity index (χ1n) is 8.14. The number of rotatable bonds is 1. The number of hydrogen-bond acceptors (Lipinski definition) is 2. The predicted octanol–water partition coefficient (Wildman–Crippen LogP) is 4.67. The molecule has 1 aliphatic carbocycles. The second-order valence-corrected chi connectivity index (χ2v) is 7.73. The summed E-state index contributed by atoms with van der Waals surface area (Å²) >= 11 is 0. The third kappa shape index (κ3) is 2.66. The van der Waals surface area contributed by atoms with E-state index in [1.807, 2.05) is 12.1 Å². The third-order valence-corrected chi connectivity index (χ3v) is 4.66. The average Bonchev–Trinajstić information content (AvgIpc) is 2.77. The van der Waals surface area contributed by atoms with Gasteiger partial charge in [0.15, 0.2) is 0 Å². The van der Waals surface area contributed by atoms with Crippen LogP contribution in [-0.4, -0.2) is 9.55 Å². The van der Waals surface area contributed by atoms with Crippen molar-refractivity contribution in [3.8, 4) is 0 Å². The van der Waals surface area contributed by atoms with Gasteiger partial charge in [0.2, 0.25) is 0 Å². The molecule has 2 aromatic rings.